The summed E-state index contributed by atoms with van der Waals surface area (Å²) in [5.41, 5.74) is 0.196. The highest BCUT2D eigenvalue weighted by Crippen LogP contribution is 2.71. The number of aliphatic hydroxyl groups excluding tert-OH is 4. The maximum atomic E-state index is 12.5. The molecule has 4 saturated carbocycles. The van der Waals surface area contributed by atoms with Crippen molar-refractivity contribution < 1.29 is 34.8 Å². The molecule has 4 fully saturated rings. The van der Waals surface area contributed by atoms with Crippen molar-refractivity contribution in [2.75, 3.05) is 33.8 Å². The molecule has 7 heteroatoms. The van der Waals surface area contributed by atoms with E-state index in [-0.39, 0.29) is 34.9 Å². The first kappa shape index (κ1) is 49.1. The maximum Gasteiger partial charge on any atom is 0.154 e. The smallest absolute Gasteiger partial charge is 0.154 e. The second-order valence-corrected chi connectivity index (χ2v) is 20.3. The van der Waals surface area contributed by atoms with Gasteiger partial charge in [0.15, 0.2) is 6.29 Å². The van der Waals surface area contributed by atoms with Gasteiger partial charge in [-0.2, -0.15) is 0 Å². The number of hydrogen-bond acceptors (Lipinski definition) is 6. The van der Waals surface area contributed by atoms with Crippen molar-refractivity contribution in [3.8, 4) is 0 Å². The van der Waals surface area contributed by atoms with Crippen LogP contribution in [0.2, 0.25) is 0 Å². The summed E-state index contributed by atoms with van der Waals surface area (Å²) in [6, 6.07) is 0. The second-order valence-electron chi connectivity index (χ2n) is 20.3. The molecule has 14 atom stereocenters. The van der Waals surface area contributed by atoms with Gasteiger partial charge in [-0.3, -0.25) is 0 Å². The Morgan fingerprint density at radius 2 is 1.38 bits per heavy atom. The van der Waals surface area contributed by atoms with Crippen LogP contribution in [0.15, 0.2) is 60.8 Å². The lowest BCUT2D eigenvalue weighted by Gasteiger charge is -2.65. The molecule has 4 rings (SSSR count). The van der Waals surface area contributed by atoms with Crippen molar-refractivity contribution in [1.29, 1.82) is 0 Å². The lowest BCUT2D eigenvalue weighted by atomic mass is 9.41. The highest BCUT2D eigenvalue weighted by molar-refractivity contribution is 5.15. The Labute approximate surface area is 355 Å². The number of rotatable bonds is 24. The molecule has 0 heterocycles. The molecule has 0 aliphatic heterocycles. The van der Waals surface area contributed by atoms with Gasteiger partial charge in [0.2, 0.25) is 0 Å². The summed E-state index contributed by atoms with van der Waals surface area (Å²) in [5.74, 6) is 2.81. The normalized spacial score (nSPS) is 36.0. The minimum Gasteiger partial charge on any atom is -0.831 e. The Balaban J connectivity index is 1.28. The first-order valence-corrected chi connectivity index (χ1v) is 23.7. The summed E-state index contributed by atoms with van der Waals surface area (Å²) < 4.78 is 6.79. The van der Waals surface area contributed by atoms with Crippen LogP contribution in [0, 0.1) is 58.2 Å². The summed E-state index contributed by atoms with van der Waals surface area (Å²) >= 11 is 0. The van der Waals surface area contributed by atoms with Crippen molar-refractivity contribution in [2.45, 2.75) is 169 Å². The SMILES string of the molecule is CC/C=C\C/C=C\C/C=C\C/C=C\C/C=C\CCCC(O)OCC[N+](C)(C)CC1C[C@H]([C@H](C)CCC([O-])O)[C@@]2(C)CC[C@H]3[C@@H]([C@H](O)[C@H](CC)[C@@H]4C[C@H](O)CC[C@@]43C)[C@H]12. The third kappa shape index (κ3) is 13.2. The predicted octanol–water partition coefficient (Wildman–Crippen LogP) is 9.27. The maximum absolute atomic E-state index is 12.5. The highest BCUT2D eigenvalue weighted by Gasteiger charge is 2.67. The van der Waals surface area contributed by atoms with Crippen molar-refractivity contribution in [3.05, 3.63) is 60.8 Å². The van der Waals surface area contributed by atoms with Crippen LogP contribution >= 0.6 is 0 Å². The molecule has 332 valence electrons. The van der Waals surface area contributed by atoms with Gasteiger partial charge < -0.3 is 34.8 Å². The second kappa shape index (κ2) is 23.6. The Hall–Kier alpha value is -1.58. The summed E-state index contributed by atoms with van der Waals surface area (Å²) in [7, 11) is 4.59. The average Bonchev–Trinajstić information content (AvgIpc) is 3.46. The molecule has 4 aliphatic carbocycles. The largest absolute Gasteiger partial charge is 0.831 e. The molecule has 0 aromatic carbocycles. The molecule has 0 amide bonds. The lowest BCUT2D eigenvalue weighted by Crippen LogP contribution is -2.63. The van der Waals surface area contributed by atoms with Crippen LogP contribution in [-0.4, -0.2) is 83.5 Å². The van der Waals surface area contributed by atoms with Gasteiger partial charge in [-0.1, -0.05) is 102 Å². The fraction of sp³-hybridized carbons (Fsp3) is 0.804. The number of unbranched alkanes of at least 4 members (excludes halogenated alkanes) is 1. The summed E-state index contributed by atoms with van der Waals surface area (Å²) in [5, 5.41) is 55.4. The van der Waals surface area contributed by atoms with E-state index in [1.807, 2.05) is 0 Å². The molecule has 3 unspecified atom stereocenters. The van der Waals surface area contributed by atoms with Crippen LogP contribution in [0.25, 0.3) is 0 Å². The van der Waals surface area contributed by atoms with Gasteiger partial charge in [-0.05, 0) is 161 Å². The average molecular weight is 810 g/mol. The Bertz CT molecular complexity index is 1340. The number of nitrogens with zero attached hydrogens (tertiary/aromatic N) is 1. The first-order valence-electron chi connectivity index (χ1n) is 23.7. The van der Waals surface area contributed by atoms with E-state index >= 15 is 0 Å². The molecule has 0 aromatic heterocycles. The Kier molecular flexibility index (Phi) is 20.0. The minimum atomic E-state index is -1.52. The highest BCUT2D eigenvalue weighted by atomic mass is 16.6. The van der Waals surface area contributed by atoms with Gasteiger partial charge in [-0.15, -0.1) is 0 Å². The van der Waals surface area contributed by atoms with E-state index in [9.17, 15) is 25.5 Å². The van der Waals surface area contributed by atoms with E-state index in [0.29, 0.717) is 55.0 Å². The summed E-state index contributed by atoms with van der Waals surface area (Å²) in [6.45, 7) is 14.0. The van der Waals surface area contributed by atoms with Gasteiger partial charge >= 0.3 is 0 Å². The van der Waals surface area contributed by atoms with E-state index < -0.39 is 12.6 Å². The number of likely N-dealkylation sites (N-methyl/N-ethyl adjacent to an activating group) is 1. The van der Waals surface area contributed by atoms with Crippen LogP contribution < -0.4 is 5.11 Å². The number of quaternary nitrogens is 1. The van der Waals surface area contributed by atoms with Gasteiger partial charge in [0.1, 0.15) is 6.54 Å². The zero-order valence-corrected chi connectivity index (χ0v) is 37.9. The first-order chi connectivity index (χ1) is 27.7. The summed E-state index contributed by atoms with van der Waals surface area (Å²) in [6.07, 6.45) is 34.7. The fourth-order valence-corrected chi connectivity index (χ4v) is 13.0. The predicted molar refractivity (Wildman–Crippen MR) is 237 cm³/mol. The molecule has 4 aliphatic rings. The Morgan fingerprint density at radius 1 is 0.776 bits per heavy atom. The zero-order valence-electron chi connectivity index (χ0n) is 37.9. The molecule has 4 N–H and O–H groups in total. The van der Waals surface area contributed by atoms with Crippen LogP contribution in [-0.2, 0) is 4.74 Å². The summed E-state index contributed by atoms with van der Waals surface area (Å²) in [4.78, 5) is 0. The topological polar surface area (TPSA) is 113 Å². The molecule has 0 aromatic rings. The molecule has 7 nitrogen and oxygen atoms in total. The van der Waals surface area contributed by atoms with Gasteiger partial charge in [0.25, 0.3) is 0 Å². The fourth-order valence-electron chi connectivity index (χ4n) is 13.0. The van der Waals surface area contributed by atoms with Gasteiger partial charge in [0, 0.05) is 5.92 Å². The van der Waals surface area contributed by atoms with Crippen LogP contribution in [0.4, 0.5) is 0 Å². The van der Waals surface area contributed by atoms with Gasteiger partial charge in [-0.25, -0.2) is 0 Å². The van der Waals surface area contributed by atoms with Crippen molar-refractivity contribution in [3.63, 3.8) is 0 Å². The molecule has 0 bridgehead atoms. The van der Waals surface area contributed by atoms with Crippen molar-refractivity contribution in [1.82, 2.24) is 0 Å². The zero-order chi connectivity index (χ0) is 42.3. The molecule has 0 spiro atoms. The van der Waals surface area contributed by atoms with Gasteiger partial charge in [0.05, 0.1) is 39.5 Å². The van der Waals surface area contributed by atoms with E-state index in [0.717, 1.165) is 114 Å². The lowest BCUT2D eigenvalue weighted by molar-refractivity contribution is -0.894. The molecular weight excluding hydrogens is 723 g/mol. The number of fused-ring (bicyclic) bond motifs is 5. The molecule has 0 saturated heterocycles. The molecular formula is C51H87NO6. The monoisotopic (exact) mass is 810 g/mol. The molecule has 58 heavy (non-hydrogen) atoms. The van der Waals surface area contributed by atoms with Crippen LogP contribution in [0.1, 0.15) is 144 Å². The third-order valence-electron chi connectivity index (χ3n) is 15.9. The van der Waals surface area contributed by atoms with E-state index in [2.05, 4.69) is 109 Å². The number of aliphatic hydroxyl groups is 4. The standard InChI is InChI=1S/C51H87NO6/c1-8-10-11-12-13-14-15-16-17-18-19-20-21-22-23-24-25-26-46(56)58-34-33-52(6,7)37-39-35-43(38(3)27-28-45(54)55)51(5)32-30-42-47(48(39)51)49(57)41(9-2)44-36-40(53)29-31-50(42,44)4/h10-11,13-14,16-17,19-20,22-23,38-49,53-54,56-57H,8-9,12,15,18,21,24-37H2,1-7H3/b11-10-,14-13-,17-16-,20-19-,23-22-/t38-,39?,40-,41-,42+,43-,44+,45?,46?,47-,48+,49-,50-,51-/m1/s1. The van der Waals surface area contributed by atoms with Crippen molar-refractivity contribution >= 4 is 0 Å². The number of hydrogen-bond donors (Lipinski definition) is 4. The quantitative estimate of drug-likeness (QED) is 0.0335. The Morgan fingerprint density at radius 3 is 1.98 bits per heavy atom. The van der Waals surface area contributed by atoms with E-state index in [1.54, 1.807) is 0 Å². The minimum absolute atomic E-state index is 0.0631. The molecule has 0 radical (unpaired) electrons. The van der Waals surface area contributed by atoms with E-state index in [4.69, 9.17) is 4.74 Å². The van der Waals surface area contributed by atoms with Crippen LogP contribution in [0.3, 0.4) is 0 Å². The van der Waals surface area contributed by atoms with Crippen LogP contribution in [0.5, 0.6) is 0 Å². The number of ether oxygens (including phenoxy) is 1. The van der Waals surface area contributed by atoms with E-state index in [1.165, 1.54) is 0 Å². The van der Waals surface area contributed by atoms with Crippen molar-refractivity contribution in [2.24, 2.45) is 58.2 Å². The number of allylic oxidation sites excluding steroid dienone is 10. The third-order valence-corrected chi connectivity index (χ3v) is 15.9.